The molecule has 1 heterocycles. The summed E-state index contributed by atoms with van der Waals surface area (Å²) in [5, 5.41) is 16.1. The van der Waals surface area contributed by atoms with Gasteiger partial charge in [-0.1, -0.05) is 15.9 Å². The van der Waals surface area contributed by atoms with Crippen molar-refractivity contribution < 1.29 is 4.79 Å². The largest absolute Gasteiger partial charge is 0.326 e. The summed E-state index contributed by atoms with van der Waals surface area (Å²) >= 11 is 3.44. The molecule has 0 aliphatic heterocycles. The van der Waals surface area contributed by atoms with Crippen LogP contribution < -0.4 is 5.32 Å². The topological polar surface area (TPSA) is 72.7 Å². The van der Waals surface area contributed by atoms with Crippen molar-refractivity contribution in [3.8, 4) is 0 Å². The van der Waals surface area contributed by atoms with E-state index in [0.717, 1.165) is 42.3 Å². The molecule has 6 rings (SSSR count). The maximum atomic E-state index is 13.3. The lowest BCUT2D eigenvalue weighted by Gasteiger charge is -2.60. The Morgan fingerprint density at radius 1 is 1.19 bits per heavy atom. The quantitative estimate of drug-likeness (QED) is 0.829. The van der Waals surface area contributed by atoms with Crippen molar-refractivity contribution in [3.05, 3.63) is 34.6 Å². The van der Waals surface area contributed by atoms with Crippen LogP contribution in [0.4, 0.5) is 5.69 Å². The Balaban J connectivity index is 1.46. The van der Waals surface area contributed by atoms with Crippen LogP contribution in [0.5, 0.6) is 0 Å². The summed E-state index contributed by atoms with van der Waals surface area (Å²) in [5.41, 5.74) is 0.416. The van der Waals surface area contributed by atoms with E-state index < -0.39 is 0 Å². The average molecular weight is 416 g/mol. The molecule has 26 heavy (non-hydrogen) atoms. The van der Waals surface area contributed by atoms with Crippen LogP contribution in [-0.4, -0.2) is 26.1 Å². The number of rotatable bonds is 3. The molecular weight excluding hydrogens is 394 g/mol. The molecule has 1 amide bonds. The van der Waals surface area contributed by atoms with Gasteiger partial charge in [-0.15, -0.1) is 10.2 Å². The van der Waals surface area contributed by atoms with Gasteiger partial charge in [-0.05, 0) is 86.8 Å². The molecule has 1 aromatic carbocycles. The van der Waals surface area contributed by atoms with E-state index in [2.05, 4.69) is 36.7 Å². The Morgan fingerprint density at radius 3 is 2.50 bits per heavy atom. The monoisotopic (exact) mass is 415 g/mol. The molecule has 1 aromatic heterocycles. The summed E-state index contributed by atoms with van der Waals surface area (Å²) in [5.74, 6) is 2.03. The van der Waals surface area contributed by atoms with Crippen molar-refractivity contribution >= 4 is 27.5 Å². The summed E-state index contributed by atoms with van der Waals surface area (Å²) in [6.07, 6.45) is 6.19. The zero-order valence-corrected chi connectivity index (χ0v) is 16.4. The summed E-state index contributed by atoms with van der Waals surface area (Å²) < 4.78 is 1.01. The summed E-state index contributed by atoms with van der Waals surface area (Å²) in [6.45, 7) is 1.88. The van der Waals surface area contributed by atoms with E-state index in [1.165, 1.54) is 6.42 Å². The fraction of sp³-hybridized carbons (Fsp3) is 0.579. The molecule has 0 unspecified atom stereocenters. The normalized spacial score (nSPS) is 34.8. The highest BCUT2D eigenvalue weighted by Crippen LogP contribution is 2.64. The third-order valence-corrected chi connectivity index (χ3v) is 7.08. The third-order valence-electron chi connectivity index (χ3n) is 6.55. The van der Waals surface area contributed by atoms with Crippen LogP contribution in [0.2, 0.25) is 0 Å². The van der Waals surface area contributed by atoms with E-state index in [9.17, 15) is 4.79 Å². The predicted molar refractivity (Wildman–Crippen MR) is 100 cm³/mol. The van der Waals surface area contributed by atoms with Gasteiger partial charge in [0.1, 0.15) is 0 Å². The Bertz CT molecular complexity index is 847. The van der Waals surface area contributed by atoms with Gasteiger partial charge >= 0.3 is 0 Å². The highest BCUT2D eigenvalue weighted by Gasteiger charge is 2.62. The maximum absolute atomic E-state index is 13.3. The third kappa shape index (κ3) is 2.51. The van der Waals surface area contributed by atoms with Crippen molar-refractivity contribution in [1.82, 2.24) is 20.2 Å². The maximum Gasteiger partial charge on any atom is 0.230 e. The van der Waals surface area contributed by atoms with Crippen molar-refractivity contribution in [2.24, 2.45) is 17.3 Å². The van der Waals surface area contributed by atoms with E-state index in [-0.39, 0.29) is 16.9 Å². The zero-order valence-electron chi connectivity index (χ0n) is 14.8. The number of tetrazole rings is 1. The smallest absolute Gasteiger partial charge is 0.230 e. The van der Waals surface area contributed by atoms with Crippen LogP contribution in [-0.2, 0) is 10.3 Å². The molecule has 4 saturated carbocycles. The first-order valence-electron chi connectivity index (χ1n) is 9.31. The van der Waals surface area contributed by atoms with Gasteiger partial charge < -0.3 is 5.32 Å². The van der Waals surface area contributed by atoms with Gasteiger partial charge in [-0.3, -0.25) is 4.79 Å². The number of halogens is 1. The number of amides is 1. The molecule has 136 valence electrons. The molecule has 4 aliphatic rings. The van der Waals surface area contributed by atoms with E-state index >= 15 is 0 Å². The summed E-state index contributed by atoms with van der Waals surface area (Å²) in [7, 11) is 0. The van der Waals surface area contributed by atoms with Gasteiger partial charge in [0, 0.05) is 10.2 Å². The number of nitrogens with zero attached hydrogens (tertiary/aromatic N) is 4. The molecule has 4 bridgehead atoms. The highest BCUT2D eigenvalue weighted by molar-refractivity contribution is 9.10. The van der Waals surface area contributed by atoms with Crippen LogP contribution in [0.25, 0.3) is 0 Å². The fourth-order valence-corrected chi connectivity index (χ4v) is 6.26. The second kappa shape index (κ2) is 5.62. The van der Waals surface area contributed by atoms with Crippen molar-refractivity contribution in [1.29, 1.82) is 0 Å². The van der Waals surface area contributed by atoms with Gasteiger partial charge in [0.05, 0.1) is 11.0 Å². The first-order chi connectivity index (χ1) is 12.5. The van der Waals surface area contributed by atoms with Crippen LogP contribution in [0.1, 0.15) is 44.3 Å². The minimum Gasteiger partial charge on any atom is -0.326 e. The highest BCUT2D eigenvalue weighted by atomic mass is 79.9. The minimum atomic E-state index is -0.307. The molecule has 4 fully saturated rings. The number of anilines is 1. The molecule has 2 aromatic rings. The molecule has 0 radical (unpaired) electrons. The van der Waals surface area contributed by atoms with E-state index in [1.807, 2.05) is 36.0 Å². The van der Waals surface area contributed by atoms with E-state index in [1.54, 1.807) is 0 Å². The molecule has 0 saturated heterocycles. The first kappa shape index (κ1) is 16.4. The molecule has 2 atom stereocenters. The zero-order chi connectivity index (χ0) is 17.9. The number of aromatic nitrogens is 4. The van der Waals surface area contributed by atoms with Crippen LogP contribution in [0.15, 0.2) is 28.7 Å². The summed E-state index contributed by atoms with van der Waals surface area (Å²) in [6, 6.07) is 7.80. The number of hydrogen-bond donors (Lipinski definition) is 1. The number of nitrogens with one attached hydrogen (secondary N) is 1. The number of benzene rings is 1. The van der Waals surface area contributed by atoms with E-state index in [0.29, 0.717) is 17.7 Å². The second-order valence-corrected chi connectivity index (χ2v) is 9.47. The molecule has 6 nitrogen and oxygen atoms in total. The number of aryl methyl sites for hydroxylation is 1. The van der Waals surface area contributed by atoms with Crippen LogP contribution in [0.3, 0.4) is 0 Å². The Labute approximate surface area is 160 Å². The van der Waals surface area contributed by atoms with Gasteiger partial charge in [-0.25, -0.2) is 0 Å². The van der Waals surface area contributed by atoms with Gasteiger partial charge in [0.15, 0.2) is 5.82 Å². The molecule has 7 heteroatoms. The average Bonchev–Trinajstić information content (AvgIpc) is 3.03. The molecule has 1 N–H and O–H groups in total. The van der Waals surface area contributed by atoms with Gasteiger partial charge in [-0.2, -0.15) is 4.80 Å². The van der Waals surface area contributed by atoms with E-state index in [4.69, 9.17) is 0 Å². The lowest BCUT2D eigenvalue weighted by Crippen LogP contribution is -2.60. The number of hydrogen-bond acceptors (Lipinski definition) is 4. The number of carbonyl (C=O) groups excluding carboxylic acids is 1. The molecule has 4 aliphatic carbocycles. The number of carbonyl (C=O) groups is 1. The Kier molecular flexibility index (Phi) is 3.55. The van der Waals surface area contributed by atoms with Crippen molar-refractivity contribution in [2.75, 3.05) is 5.32 Å². The lowest BCUT2D eigenvalue weighted by molar-refractivity contribution is -0.152. The minimum absolute atomic E-state index is 0.137. The second-order valence-electron chi connectivity index (χ2n) is 8.55. The molecule has 0 spiro atoms. The Morgan fingerprint density at radius 2 is 1.88 bits per heavy atom. The standard InChI is InChI=1S/C19H22BrN5O/c1-12-22-24-25(23-12)19-9-13-6-14(10-19)8-18(7-13,11-19)17(26)21-16-4-2-15(20)3-5-16/h2-5,13-14H,6-11H2,1H3,(H,21,26)/t13-,14-,18?,19?/m0/s1. The summed E-state index contributed by atoms with van der Waals surface area (Å²) in [4.78, 5) is 15.2. The SMILES string of the molecule is Cc1nnn(C23C[C@H]4C[C@@H](CC(C(=O)Nc5ccc(Br)cc5)(C4)C2)C3)n1. The fourth-order valence-electron chi connectivity index (χ4n) is 6.00. The lowest BCUT2D eigenvalue weighted by atomic mass is 9.46. The van der Waals surface area contributed by atoms with Gasteiger partial charge in [0.25, 0.3) is 0 Å². The van der Waals surface area contributed by atoms with Crippen LogP contribution >= 0.6 is 15.9 Å². The van der Waals surface area contributed by atoms with Crippen molar-refractivity contribution in [3.63, 3.8) is 0 Å². The van der Waals surface area contributed by atoms with Crippen molar-refractivity contribution in [2.45, 2.75) is 51.0 Å². The van der Waals surface area contributed by atoms with Crippen LogP contribution in [0, 0.1) is 24.2 Å². The first-order valence-corrected chi connectivity index (χ1v) is 10.1. The predicted octanol–water partition coefficient (Wildman–Crippen LogP) is 3.68. The van der Waals surface area contributed by atoms with Gasteiger partial charge in [0.2, 0.25) is 5.91 Å². The Hall–Kier alpha value is -1.76. The molecular formula is C19H22BrN5O.